The van der Waals surface area contributed by atoms with Gasteiger partial charge in [0.1, 0.15) is 0 Å². The summed E-state index contributed by atoms with van der Waals surface area (Å²) in [6, 6.07) is 13.5. The molecule has 0 atom stereocenters. The Hall–Kier alpha value is -2.17. The van der Waals surface area contributed by atoms with E-state index in [4.69, 9.17) is 0 Å². The number of carbonyl (C=O) groups is 1. The first-order valence-electron chi connectivity index (χ1n) is 6.54. The number of nitrogens with one attached hydrogen (secondary N) is 2. The Morgan fingerprint density at radius 2 is 1.95 bits per heavy atom. The van der Waals surface area contributed by atoms with Crippen LogP contribution in [0.4, 0.5) is 17.1 Å². The van der Waals surface area contributed by atoms with Crippen LogP contribution in [0.2, 0.25) is 0 Å². The summed E-state index contributed by atoms with van der Waals surface area (Å²) in [5, 5.41) is 5.99. The van der Waals surface area contributed by atoms with Crippen molar-refractivity contribution in [3.05, 3.63) is 53.6 Å². The molecule has 3 rings (SSSR count). The Morgan fingerprint density at radius 1 is 1.14 bits per heavy atom. The SMILES string of the molecule is CNC(=O)c1ccc(CNc2cccc3c2N=[Se]=N3)cc1. The Bertz CT molecular complexity index is 749. The van der Waals surface area contributed by atoms with Crippen molar-refractivity contribution in [2.75, 3.05) is 12.4 Å². The van der Waals surface area contributed by atoms with Crippen LogP contribution in [-0.2, 0) is 6.54 Å². The van der Waals surface area contributed by atoms with E-state index in [0.29, 0.717) is 12.1 Å². The molecule has 0 saturated heterocycles. The molecule has 0 saturated carbocycles. The summed E-state index contributed by atoms with van der Waals surface area (Å²) in [7, 11) is 1.63. The van der Waals surface area contributed by atoms with Crippen molar-refractivity contribution in [3.63, 3.8) is 0 Å². The van der Waals surface area contributed by atoms with Crippen molar-refractivity contribution >= 4 is 37.5 Å². The number of nitrogens with zero attached hydrogens (tertiary/aromatic N) is 2. The third kappa shape index (κ3) is 2.96. The number of rotatable bonds is 4. The van der Waals surface area contributed by atoms with E-state index in [1.165, 1.54) is 0 Å². The summed E-state index contributed by atoms with van der Waals surface area (Å²) in [4.78, 5) is 11.5. The molecule has 2 N–H and O–H groups in total. The second-order valence-corrected chi connectivity index (χ2v) is 5.68. The Balaban J connectivity index is 1.70. The van der Waals surface area contributed by atoms with Gasteiger partial charge in [-0.2, -0.15) is 0 Å². The second-order valence-electron chi connectivity index (χ2n) is 4.57. The molecule has 0 radical (unpaired) electrons. The van der Waals surface area contributed by atoms with Crippen molar-refractivity contribution in [2.45, 2.75) is 6.54 Å². The molecule has 0 spiro atoms. The van der Waals surface area contributed by atoms with Gasteiger partial charge < -0.3 is 0 Å². The summed E-state index contributed by atoms with van der Waals surface area (Å²) in [6.45, 7) is 0.687. The van der Waals surface area contributed by atoms with Gasteiger partial charge in [0, 0.05) is 0 Å². The average Bonchev–Trinajstić information content (AvgIpc) is 3.02. The van der Waals surface area contributed by atoms with Crippen LogP contribution in [0.3, 0.4) is 0 Å². The Kier molecular flexibility index (Phi) is 3.99. The fourth-order valence-corrected chi connectivity index (χ4v) is 3.22. The molecule has 1 heterocycles. The third-order valence-corrected chi connectivity index (χ3v) is 4.35. The summed E-state index contributed by atoms with van der Waals surface area (Å²) >= 11 is -0.0186. The molecule has 0 aromatic heterocycles. The molecule has 106 valence electrons. The van der Waals surface area contributed by atoms with Crippen molar-refractivity contribution in [3.8, 4) is 0 Å². The third-order valence-electron chi connectivity index (χ3n) is 3.21. The monoisotopic (exact) mass is 346 g/mol. The summed E-state index contributed by atoms with van der Waals surface area (Å²) in [5.41, 5.74) is 4.71. The first kappa shape index (κ1) is 13.8. The molecule has 5 nitrogen and oxygen atoms in total. The van der Waals surface area contributed by atoms with E-state index in [0.717, 1.165) is 22.6 Å². The number of carbonyl (C=O) groups excluding carboxylic acids is 1. The van der Waals surface area contributed by atoms with Crippen LogP contribution < -0.4 is 10.6 Å². The fourth-order valence-electron chi connectivity index (χ4n) is 2.06. The van der Waals surface area contributed by atoms with Gasteiger partial charge in [-0.05, 0) is 0 Å². The molecule has 0 unspecified atom stereocenters. The molecule has 0 aliphatic carbocycles. The summed E-state index contributed by atoms with van der Waals surface area (Å²) < 4.78 is 8.81. The van der Waals surface area contributed by atoms with Crippen LogP contribution in [0.25, 0.3) is 0 Å². The van der Waals surface area contributed by atoms with Gasteiger partial charge in [-0.1, -0.05) is 0 Å². The number of hydrogen-bond donors (Lipinski definition) is 2. The molecular formula is C15H14N4OSe. The Labute approximate surface area is 128 Å². The molecule has 0 fully saturated rings. The van der Waals surface area contributed by atoms with E-state index in [-0.39, 0.29) is 20.5 Å². The van der Waals surface area contributed by atoms with Crippen LogP contribution in [0.1, 0.15) is 15.9 Å². The van der Waals surface area contributed by atoms with Crippen LogP contribution in [0.5, 0.6) is 0 Å². The molecule has 1 aliphatic heterocycles. The first-order valence-corrected chi connectivity index (χ1v) is 8.07. The number of benzene rings is 2. The minimum absolute atomic E-state index is 0.0186. The number of anilines is 1. The van der Waals surface area contributed by atoms with Gasteiger partial charge >= 0.3 is 128 Å². The topological polar surface area (TPSA) is 65.8 Å². The van der Waals surface area contributed by atoms with Gasteiger partial charge in [0.2, 0.25) is 0 Å². The second kappa shape index (κ2) is 6.08. The molecular weight excluding hydrogens is 331 g/mol. The first-order chi connectivity index (χ1) is 10.3. The van der Waals surface area contributed by atoms with Crippen LogP contribution in [0.15, 0.2) is 50.4 Å². The van der Waals surface area contributed by atoms with Crippen molar-refractivity contribution in [1.29, 1.82) is 0 Å². The van der Waals surface area contributed by atoms with Gasteiger partial charge in [0.25, 0.3) is 0 Å². The predicted octanol–water partition coefficient (Wildman–Crippen LogP) is 3.01. The predicted molar refractivity (Wildman–Crippen MR) is 83.5 cm³/mol. The molecule has 2 aromatic rings. The number of amides is 1. The zero-order valence-corrected chi connectivity index (χ0v) is 13.2. The molecule has 21 heavy (non-hydrogen) atoms. The quantitative estimate of drug-likeness (QED) is 0.714. The van der Waals surface area contributed by atoms with Gasteiger partial charge in [0.05, 0.1) is 0 Å². The normalized spacial score (nSPS) is 11.7. The maximum absolute atomic E-state index is 11.5. The molecule has 2 aromatic carbocycles. The van der Waals surface area contributed by atoms with Gasteiger partial charge in [-0.15, -0.1) is 0 Å². The van der Waals surface area contributed by atoms with E-state index >= 15 is 0 Å². The zero-order chi connectivity index (χ0) is 14.7. The fraction of sp³-hybridized carbons (Fsp3) is 0.133. The van der Waals surface area contributed by atoms with E-state index in [1.54, 1.807) is 7.05 Å². The van der Waals surface area contributed by atoms with E-state index in [9.17, 15) is 4.79 Å². The molecule has 1 aliphatic rings. The van der Waals surface area contributed by atoms with E-state index < -0.39 is 0 Å². The van der Waals surface area contributed by atoms with Crippen LogP contribution in [0, 0.1) is 0 Å². The van der Waals surface area contributed by atoms with Gasteiger partial charge in [0.15, 0.2) is 0 Å². The molecule has 1 amide bonds. The number of fused-ring (bicyclic) bond motifs is 1. The summed E-state index contributed by atoms with van der Waals surface area (Å²) in [6.07, 6.45) is 0. The van der Waals surface area contributed by atoms with Crippen molar-refractivity contribution in [1.82, 2.24) is 5.32 Å². The van der Waals surface area contributed by atoms with Crippen LogP contribution >= 0.6 is 0 Å². The van der Waals surface area contributed by atoms with E-state index in [1.807, 2.05) is 42.5 Å². The van der Waals surface area contributed by atoms with Gasteiger partial charge in [-0.3, -0.25) is 0 Å². The number of hydrogen-bond acceptors (Lipinski definition) is 4. The molecule has 0 bridgehead atoms. The zero-order valence-electron chi connectivity index (χ0n) is 11.5. The Morgan fingerprint density at radius 3 is 2.71 bits per heavy atom. The van der Waals surface area contributed by atoms with Crippen LogP contribution in [-0.4, -0.2) is 27.5 Å². The molecule has 6 heteroatoms. The van der Waals surface area contributed by atoms with Crippen molar-refractivity contribution < 1.29 is 4.79 Å². The summed E-state index contributed by atoms with van der Waals surface area (Å²) in [5.74, 6) is -0.0713. The minimum atomic E-state index is -0.0713. The maximum atomic E-state index is 11.5. The van der Waals surface area contributed by atoms with E-state index in [2.05, 4.69) is 18.6 Å². The standard InChI is InChI=1S/C15H14N4OSe/c1-16-15(20)11-7-5-10(6-8-11)9-17-12-3-2-4-13-14(12)19-21-18-13/h2-8,17H,9H2,1H3,(H,16,20). The van der Waals surface area contributed by atoms with Gasteiger partial charge in [-0.25, -0.2) is 0 Å². The van der Waals surface area contributed by atoms with Crippen molar-refractivity contribution in [2.24, 2.45) is 7.92 Å². The average molecular weight is 345 g/mol.